The minimum absolute atomic E-state index is 0.210. The molecule has 5 nitrogen and oxygen atoms in total. The van der Waals surface area contributed by atoms with Gasteiger partial charge in [-0.1, -0.05) is 37.9 Å². The van der Waals surface area contributed by atoms with Gasteiger partial charge in [0, 0.05) is 26.3 Å². The quantitative estimate of drug-likeness (QED) is 0.613. The van der Waals surface area contributed by atoms with Crippen LogP contribution in [0.3, 0.4) is 0 Å². The Balaban J connectivity index is 2.24. The van der Waals surface area contributed by atoms with E-state index in [2.05, 4.69) is 52.4 Å². The molecule has 104 valence electrons. The monoisotopic (exact) mass is 398 g/mol. The zero-order valence-corrected chi connectivity index (χ0v) is 14.0. The van der Waals surface area contributed by atoms with Crippen LogP contribution in [0, 0.1) is 6.92 Å². The molecule has 1 aromatic heterocycles. The largest absolute Gasteiger partial charge is 0.291 e. The summed E-state index contributed by atoms with van der Waals surface area (Å²) in [6.07, 6.45) is 0. The lowest BCUT2D eigenvalue weighted by Crippen LogP contribution is -2.11. The number of nitrogens with zero attached hydrogens (tertiary/aromatic N) is 2. The van der Waals surface area contributed by atoms with Crippen LogP contribution in [0.4, 0.5) is 5.95 Å². The number of benzene rings is 1. The predicted molar refractivity (Wildman–Crippen MR) is 87.3 cm³/mol. The van der Waals surface area contributed by atoms with Crippen LogP contribution >= 0.6 is 31.9 Å². The molecule has 20 heavy (non-hydrogen) atoms. The van der Waals surface area contributed by atoms with Crippen molar-refractivity contribution in [2.75, 3.05) is 5.43 Å². The van der Waals surface area contributed by atoms with E-state index in [-0.39, 0.29) is 5.56 Å². The van der Waals surface area contributed by atoms with Gasteiger partial charge in [-0.2, -0.15) is 5.10 Å². The highest BCUT2D eigenvalue weighted by Crippen LogP contribution is 2.22. The first-order valence-electron chi connectivity index (χ1n) is 5.79. The second-order valence-corrected chi connectivity index (χ2v) is 5.94. The number of nitrogens with one attached hydrogen (secondary N) is 2. The summed E-state index contributed by atoms with van der Waals surface area (Å²) in [5.41, 5.74) is 4.90. The summed E-state index contributed by atoms with van der Waals surface area (Å²) in [7, 11) is 0. The number of rotatable bonds is 3. The van der Waals surface area contributed by atoms with Crippen LogP contribution < -0.4 is 11.0 Å². The fourth-order valence-electron chi connectivity index (χ4n) is 1.61. The van der Waals surface area contributed by atoms with Gasteiger partial charge in [-0.15, -0.1) is 0 Å². The highest BCUT2D eigenvalue weighted by molar-refractivity contribution is 9.11. The van der Waals surface area contributed by atoms with E-state index < -0.39 is 0 Å². The molecule has 0 saturated heterocycles. The summed E-state index contributed by atoms with van der Waals surface area (Å²) in [5, 5.41) is 4.23. The molecule has 0 aliphatic rings. The van der Waals surface area contributed by atoms with Crippen molar-refractivity contribution in [3.63, 3.8) is 0 Å². The minimum Gasteiger partial charge on any atom is -0.291 e. The summed E-state index contributed by atoms with van der Waals surface area (Å²) in [4.78, 5) is 18.0. The first kappa shape index (κ1) is 14.9. The molecule has 0 fully saturated rings. The summed E-state index contributed by atoms with van der Waals surface area (Å²) >= 11 is 6.89. The fraction of sp³-hybridized carbons (Fsp3) is 0.154. The van der Waals surface area contributed by atoms with Crippen LogP contribution in [0.5, 0.6) is 0 Å². The number of H-pyrrole nitrogens is 1. The maximum atomic E-state index is 11.3. The van der Waals surface area contributed by atoms with Crippen molar-refractivity contribution in [1.82, 2.24) is 9.97 Å². The molecule has 2 N–H and O–H groups in total. The van der Waals surface area contributed by atoms with Gasteiger partial charge in [0.15, 0.2) is 0 Å². The van der Waals surface area contributed by atoms with E-state index >= 15 is 0 Å². The molecule has 0 aliphatic heterocycles. The molecular weight excluding hydrogens is 388 g/mol. The third-order valence-corrected chi connectivity index (χ3v) is 3.67. The lowest BCUT2D eigenvalue weighted by atomic mass is 10.1. The Kier molecular flexibility index (Phi) is 4.72. The van der Waals surface area contributed by atoms with Crippen molar-refractivity contribution in [2.45, 2.75) is 13.8 Å². The van der Waals surface area contributed by atoms with Gasteiger partial charge in [0.25, 0.3) is 5.56 Å². The highest BCUT2D eigenvalue weighted by Gasteiger charge is 2.04. The van der Waals surface area contributed by atoms with Gasteiger partial charge >= 0.3 is 0 Å². The van der Waals surface area contributed by atoms with Gasteiger partial charge in [-0.25, -0.2) is 10.4 Å². The van der Waals surface area contributed by atoms with Crippen LogP contribution in [0.25, 0.3) is 0 Å². The lowest BCUT2D eigenvalue weighted by molar-refractivity contribution is 1.04. The van der Waals surface area contributed by atoms with Crippen molar-refractivity contribution in [3.8, 4) is 0 Å². The van der Waals surface area contributed by atoms with Gasteiger partial charge in [0.05, 0.1) is 5.71 Å². The smallest absolute Gasteiger partial charge is 0.252 e. The molecule has 1 heterocycles. The average molecular weight is 400 g/mol. The van der Waals surface area contributed by atoms with Gasteiger partial charge < -0.3 is 0 Å². The summed E-state index contributed by atoms with van der Waals surface area (Å²) < 4.78 is 1.92. The summed E-state index contributed by atoms with van der Waals surface area (Å²) in [5.74, 6) is 0.322. The topological polar surface area (TPSA) is 70.1 Å². The SMILES string of the molecule is C/C(=N\Nc1nc(C)cc(=O)[nH]1)c1ccc(Br)cc1Br. The van der Waals surface area contributed by atoms with Gasteiger partial charge in [0.1, 0.15) is 0 Å². The van der Waals surface area contributed by atoms with E-state index in [4.69, 9.17) is 0 Å². The summed E-state index contributed by atoms with van der Waals surface area (Å²) in [6.45, 7) is 3.62. The van der Waals surface area contributed by atoms with Crippen molar-refractivity contribution in [2.24, 2.45) is 5.10 Å². The summed E-state index contributed by atoms with van der Waals surface area (Å²) in [6, 6.07) is 7.25. The molecule has 0 aliphatic carbocycles. The fourth-order valence-corrected chi connectivity index (χ4v) is 2.95. The zero-order chi connectivity index (χ0) is 14.7. The predicted octanol–water partition coefficient (Wildman–Crippen LogP) is 3.44. The molecule has 0 bridgehead atoms. The number of hydrazone groups is 1. The van der Waals surface area contributed by atoms with E-state index in [1.165, 1.54) is 6.07 Å². The van der Waals surface area contributed by atoms with E-state index in [0.717, 1.165) is 20.2 Å². The van der Waals surface area contributed by atoms with Gasteiger partial charge in [-0.3, -0.25) is 9.78 Å². The Morgan fingerprint density at radius 1 is 1.35 bits per heavy atom. The van der Waals surface area contributed by atoms with Crippen molar-refractivity contribution in [3.05, 3.63) is 54.8 Å². The third-order valence-electron chi connectivity index (χ3n) is 2.52. The van der Waals surface area contributed by atoms with Crippen LogP contribution in [0.1, 0.15) is 18.2 Å². The molecule has 2 rings (SSSR count). The van der Waals surface area contributed by atoms with Crippen molar-refractivity contribution < 1.29 is 0 Å². The molecule has 0 spiro atoms. The molecule has 1 aromatic carbocycles. The normalized spacial score (nSPS) is 11.5. The van der Waals surface area contributed by atoms with E-state index in [0.29, 0.717) is 11.6 Å². The van der Waals surface area contributed by atoms with E-state index in [1.54, 1.807) is 6.92 Å². The molecule has 0 amide bonds. The average Bonchev–Trinajstić information content (AvgIpc) is 2.35. The lowest BCUT2D eigenvalue weighted by Gasteiger charge is -2.06. The Labute approximate surface area is 132 Å². The van der Waals surface area contributed by atoms with E-state index in [9.17, 15) is 4.79 Å². The van der Waals surface area contributed by atoms with Crippen LogP contribution in [-0.2, 0) is 0 Å². The Morgan fingerprint density at radius 2 is 2.10 bits per heavy atom. The standard InChI is InChI=1S/C13H12Br2N4O/c1-7-5-12(20)17-13(16-7)19-18-8(2)10-4-3-9(14)6-11(10)15/h3-6H,1-2H3,(H2,16,17,19,20)/b18-8+. The van der Waals surface area contributed by atoms with Gasteiger partial charge in [-0.05, 0) is 26.0 Å². The molecule has 0 atom stereocenters. The van der Waals surface area contributed by atoms with Crippen molar-refractivity contribution in [1.29, 1.82) is 0 Å². The number of hydrogen-bond acceptors (Lipinski definition) is 4. The number of aromatic amines is 1. The number of hydrogen-bond donors (Lipinski definition) is 2. The third kappa shape index (κ3) is 3.77. The maximum Gasteiger partial charge on any atom is 0.252 e. The molecule has 0 unspecified atom stereocenters. The van der Waals surface area contributed by atoms with Crippen LogP contribution in [0.2, 0.25) is 0 Å². The Hall–Kier alpha value is -1.47. The second kappa shape index (κ2) is 6.32. The highest BCUT2D eigenvalue weighted by atomic mass is 79.9. The van der Waals surface area contributed by atoms with E-state index in [1.807, 2.05) is 25.1 Å². The zero-order valence-electron chi connectivity index (χ0n) is 10.9. The first-order valence-corrected chi connectivity index (χ1v) is 7.38. The molecule has 2 aromatic rings. The van der Waals surface area contributed by atoms with Crippen LogP contribution in [0.15, 0.2) is 43.1 Å². The number of halogens is 2. The molecule has 7 heteroatoms. The molecule has 0 radical (unpaired) electrons. The maximum absolute atomic E-state index is 11.3. The number of aryl methyl sites for hydroxylation is 1. The Bertz CT molecular complexity index is 725. The Morgan fingerprint density at radius 3 is 2.75 bits per heavy atom. The number of anilines is 1. The minimum atomic E-state index is -0.210. The molecule has 0 saturated carbocycles. The first-order chi connectivity index (χ1) is 9.45. The second-order valence-electron chi connectivity index (χ2n) is 4.17. The molecular formula is C13H12Br2N4O. The van der Waals surface area contributed by atoms with Crippen LogP contribution in [-0.4, -0.2) is 15.7 Å². The van der Waals surface area contributed by atoms with Crippen molar-refractivity contribution >= 4 is 43.5 Å². The van der Waals surface area contributed by atoms with Gasteiger partial charge in [0.2, 0.25) is 5.95 Å². The number of aromatic nitrogens is 2.